The highest BCUT2D eigenvalue weighted by Gasteiger charge is 2.16. The molecule has 26 heavy (non-hydrogen) atoms. The van der Waals surface area contributed by atoms with Gasteiger partial charge in [0.15, 0.2) is 0 Å². The zero-order valence-corrected chi connectivity index (χ0v) is 14.1. The summed E-state index contributed by atoms with van der Waals surface area (Å²) in [6.07, 6.45) is 2.18. The SMILES string of the molecule is O=C(NNC(=O)c1ccccc1O)c1ccc(OCC2CCCO2)cc1. The van der Waals surface area contributed by atoms with E-state index < -0.39 is 11.8 Å². The monoisotopic (exact) mass is 356 g/mol. The molecule has 0 aliphatic carbocycles. The van der Waals surface area contributed by atoms with E-state index >= 15 is 0 Å². The first-order chi connectivity index (χ1) is 12.6. The molecular weight excluding hydrogens is 336 g/mol. The lowest BCUT2D eigenvalue weighted by Gasteiger charge is -2.12. The van der Waals surface area contributed by atoms with Crippen LogP contribution in [0, 0.1) is 0 Å². The molecule has 1 fully saturated rings. The van der Waals surface area contributed by atoms with Crippen molar-refractivity contribution in [1.82, 2.24) is 10.9 Å². The van der Waals surface area contributed by atoms with Gasteiger partial charge in [-0.1, -0.05) is 12.1 Å². The Hall–Kier alpha value is -3.06. The van der Waals surface area contributed by atoms with Gasteiger partial charge in [-0.3, -0.25) is 20.4 Å². The lowest BCUT2D eigenvalue weighted by molar-refractivity contribution is 0.0679. The number of phenols is 1. The molecule has 1 atom stereocenters. The van der Waals surface area contributed by atoms with Crippen LogP contribution >= 0.6 is 0 Å². The average Bonchev–Trinajstić information content (AvgIpc) is 3.18. The molecule has 1 heterocycles. The highest BCUT2D eigenvalue weighted by molar-refractivity contribution is 6.00. The van der Waals surface area contributed by atoms with Crippen molar-refractivity contribution in [3.8, 4) is 11.5 Å². The van der Waals surface area contributed by atoms with Crippen molar-refractivity contribution >= 4 is 11.8 Å². The number of benzene rings is 2. The van der Waals surface area contributed by atoms with Crippen LogP contribution < -0.4 is 15.6 Å². The number of carbonyl (C=O) groups excluding carboxylic acids is 2. The number of carbonyl (C=O) groups is 2. The second-order valence-corrected chi connectivity index (χ2v) is 5.90. The molecule has 0 radical (unpaired) electrons. The number of hydrazine groups is 1. The van der Waals surface area contributed by atoms with Gasteiger partial charge in [-0.15, -0.1) is 0 Å². The Kier molecular flexibility index (Phi) is 5.70. The number of nitrogens with one attached hydrogen (secondary N) is 2. The number of hydrogen-bond donors (Lipinski definition) is 3. The second-order valence-electron chi connectivity index (χ2n) is 5.90. The van der Waals surface area contributed by atoms with Crippen LogP contribution in [0.3, 0.4) is 0 Å². The predicted octanol–water partition coefficient (Wildman–Crippen LogP) is 2.02. The average molecular weight is 356 g/mol. The van der Waals surface area contributed by atoms with E-state index in [-0.39, 0.29) is 17.4 Å². The normalized spacial score (nSPS) is 16.1. The van der Waals surface area contributed by atoms with Gasteiger partial charge in [-0.2, -0.15) is 0 Å². The molecule has 1 saturated heterocycles. The molecule has 136 valence electrons. The van der Waals surface area contributed by atoms with Crippen LogP contribution in [-0.2, 0) is 4.74 Å². The number of phenolic OH excluding ortho intramolecular Hbond substituents is 1. The zero-order valence-electron chi connectivity index (χ0n) is 14.1. The highest BCUT2D eigenvalue weighted by atomic mass is 16.5. The third kappa shape index (κ3) is 4.52. The highest BCUT2D eigenvalue weighted by Crippen LogP contribution is 2.17. The predicted molar refractivity (Wildman–Crippen MR) is 94.0 cm³/mol. The first kappa shape index (κ1) is 17.8. The van der Waals surface area contributed by atoms with Crippen LogP contribution in [0.4, 0.5) is 0 Å². The molecular formula is C19H20N2O5. The molecule has 2 aromatic rings. The Bertz CT molecular complexity index is 770. The van der Waals surface area contributed by atoms with Crippen molar-refractivity contribution in [2.24, 2.45) is 0 Å². The van der Waals surface area contributed by atoms with Crippen LogP contribution in [0.2, 0.25) is 0 Å². The summed E-state index contributed by atoms with van der Waals surface area (Å²) in [7, 11) is 0. The summed E-state index contributed by atoms with van der Waals surface area (Å²) in [5.74, 6) is -0.588. The van der Waals surface area contributed by atoms with E-state index in [1.165, 1.54) is 12.1 Å². The number of aromatic hydroxyl groups is 1. The summed E-state index contributed by atoms with van der Waals surface area (Å²) < 4.78 is 11.1. The third-order valence-corrected chi connectivity index (χ3v) is 4.01. The third-order valence-electron chi connectivity index (χ3n) is 4.01. The topological polar surface area (TPSA) is 96.9 Å². The standard InChI is InChI=1S/C19H20N2O5/c22-17-6-2-1-5-16(17)19(24)21-20-18(23)13-7-9-14(10-8-13)26-12-15-4-3-11-25-15/h1-2,5-10,15,22H,3-4,11-12H2,(H,20,23)(H,21,24). The van der Waals surface area contributed by atoms with Gasteiger partial charge < -0.3 is 14.6 Å². The maximum atomic E-state index is 12.1. The number of rotatable bonds is 5. The van der Waals surface area contributed by atoms with E-state index in [4.69, 9.17) is 9.47 Å². The summed E-state index contributed by atoms with van der Waals surface area (Å²) in [6.45, 7) is 1.27. The molecule has 0 saturated carbocycles. The van der Waals surface area contributed by atoms with Crippen molar-refractivity contribution in [1.29, 1.82) is 0 Å². The van der Waals surface area contributed by atoms with Crippen LogP contribution in [0.25, 0.3) is 0 Å². The molecule has 0 aromatic heterocycles. The fraction of sp³-hybridized carbons (Fsp3) is 0.263. The van der Waals surface area contributed by atoms with Crippen molar-refractivity contribution in [2.75, 3.05) is 13.2 Å². The lowest BCUT2D eigenvalue weighted by atomic mass is 10.2. The summed E-state index contributed by atoms with van der Waals surface area (Å²) in [6, 6.07) is 12.7. The van der Waals surface area contributed by atoms with Gasteiger partial charge in [0.05, 0.1) is 11.7 Å². The van der Waals surface area contributed by atoms with Crippen molar-refractivity contribution in [3.63, 3.8) is 0 Å². The van der Waals surface area contributed by atoms with E-state index in [2.05, 4.69) is 10.9 Å². The molecule has 7 nitrogen and oxygen atoms in total. The Morgan fingerprint density at radius 1 is 1.08 bits per heavy atom. The Labute approximate surface area is 150 Å². The smallest absolute Gasteiger partial charge is 0.273 e. The van der Waals surface area contributed by atoms with Gasteiger partial charge in [0, 0.05) is 12.2 Å². The molecule has 1 aliphatic rings. The van der Waals surface area contributed by atoms with E-state index in [9.17, 15) is 14.7 Å². The zero-order chi connectivity index (χ0) is 18.4. The largest absolute Gasteiger partial charge is 0.507 e. The van der Waals surface area contributed by atoms with Crippen LogP contribution in [0.1, 0.15) is 33.6 Å². The van der Waals surface area contributed by atoms with Crippen LogP contribution in [0.15, 0.2) is 48.5 Å². The van der Waals surface area contributed by atoms with Crippen molar-refractivity contribution in [2.45, 2.75) is 18.9 Å². The lowest BCUT2D eigenvalue weighted by Crippen LogP contribution is -2.41. The maximum absolute atomic E-state index is 12.1. The first-order valence-electron chi connectivity index (χ1n) is 8.36. The number of ether oxygens (including phenoxy) is 2. The molecule has 3 N–H and O–H groups in total. The van der Waals surface area contributed by atoms with Crippen molar-refractivity contribution in [3.05, 3.63) is 59.7 Å². The number of amides is 2. The fourth-order valence-electron chi connectivity index (χ4n) is 2.59. The Balaban J connectivity index is 1.50. The van der Waals surface area contributed by atoms with Gasteiger partial charge in [0.25, 0.3) is 11.8 Å². The summed E-state index contributed by atoms with van der Waals surface area (Å²) >= 11 is 0. The second kappa shape index (κ2) is 8.35. The summed E-state index contributed by atoms with van der Waals surface area (Å²) in [5, 5.41) is 9.63. The minimum atomic E-state index is -0.604. The molecule has 2 amide bonds. The van der Waals surface area contributed by atoms with Gasteiger partial charge in [-0.05, 0) is 49.2 Å². The molecule has 2 aromatic carbocycles. The van der Waals surface area contributed by atoms with Crippen molar-refractivity contribution < 1.29 is 24.2 Å². The van der Waals surface area contributed by atoms with E-state index in [1.54, 1.807) is 36.4 Å². The molecule has 1 unspecified atom stereocenters. The van der Waals surface area contributed by atoms with E-state index in [0.29, 0.717) is 17.9 Å². The molecule has 0 bridgehead atoms. The summed E-state index contributed by atoms with van der Waals surface area (Å²) in [5.41, 5.74) is 5.02. The first-order valence-corrected chi connectivity index (χ1v) is 8.36. The Morgan fingerprint density at radius 3 is 2.50 bits per heavy atom. The van der Waals surface area contributed by atoms with Crippen LogP contribution in [-0.4, -0.2) is 36.2 Å². The maximum Gasteiger partial charge on any atom is 0.273 e. The summed E-state index contributed by atoms with van der Waals surface area (Å²) in [4.78, 5) is 24.0. The number of hydrogen-bond acceptors (Lipinski definition) is 5. The quantitative estimate of drug-likeness (QED) is 0.712. The van der Waals surface area contributed by atoms with Gasteiger partial charge in [0.2, 0.25) is 0 Å². The Morgan fingerprint density at radius 2 is 1.81 bits per heavy atom. The van der Waals surface area contributed by atoms with Gasteiger partial charge in [0.1, 0.15) is 18.1 Å². The van der Waals surface area contributed by atoms with Crippen LogP contribution in [0.5, 0.6) is 11.5 Å². The van der Waals surface area contributed by atoms with Gasteiger partial charge in [-0.25, -0.2) is 0 Å². The van der Waals surface area contributed by atoms with E-state index in [0.717, 1.165) is 19.4 Å². The molecule has 0 spiro atoms. The fourth-order valence-corrected chi connectivity index (χ4v) is 2.59. The van der Waals surface area contributed by atoms with Gasteiger partial charge >= 0.3 is 0 Å². The molecule has 1 aliphatic heterocycles. The minimum absolute atomic E-state index is 0.0747. The van der Waals surface area contributed by atoms with E-state index in [1.807, 2.05) is 0 Å². The molecule has 7 heteroatoms. The minimum Gasteiger partial charge on any atom is -0.507 e. The molecule has 3 rings (SSSR count). The number of para-hydroxylation sites is 1.